The number of hydrogen-bond donors (Lipinski definition) is 1. The van der Waals surface area contributed by atoms with E-state index in [-0.39, 0.29) is 5.82 Å². The van der Waals surface area contributed by atoms with Gasteiger partial charge >= 0.3 is 0 Å². The van der Waals surface area contributed by atoms with E-state index < -0.39 is 6.10 Å². The average Bonchev–Trinajstić information content (AvgIpc) is 2.01. The molecule has 0 bridgehead atoms. The van der Waals surface area contributed by atoms with Crippen molar-refractivity contribution in [2.45, 2.75) is 19.4 Å². The highest BCUT2D eigenvalue weighted by Gasteiger charge is 2.08. The molecule has 0 saturated heterocycles. The molecule has 0 aliphatic rings. The van der Waals surface area contributed by atoms with E-state index in [2.05, 4.69) is 0 Å². The van der Waals surface area contributed by atoms with E-state index in [1.165, 1.54) is 12.1 Å². The number of benzene rings is 1. The standard InChI is InChI=1S/C11H16FNO/c1-8(14)6-9-7-10(12)4-5-11(9)13(2)3/h4-5,7-8,14H,6H2,1-3H3/t8-/m1/s1. The molecule has 2 nitrogen and oxygen atoms in total. The Morgan fingerprint density at radius 3 is 2.57 bits per heavy atom. The summed E-state index contributed by atoms with van der Waals surface area (Å²) in [6.45, 7) is 1.70. The van der Waals surface area contributed by atoms with E-state index in [0.29, 0.717) is 6.42 Å². The third-order valence-electron chi connectivity index (χ3n) is 2.04. The second-order valence-corrected chi connectivity index (χ2v) is 3.72. The zero-order valence-corrected chi connectivity index (χ0v) is 8.79. The quantitative estimate of drug-likeness (QED) is 0.799. The molecular weight excluding hydrogens is 181 g/mol. The van der Waals surface area contributed by atoms with Gasteiger partial charge in [0.15, 0.2) is 0 Å². The molecule has 1 N–H and O–H groups in total. The lowest BCUT2D eigenvalue weighted by Crippen LogP contribution is -2.14. The van der Waals surface area contributed by atoms with Crippen molar-refractivity contribution >= 4 is 5.69 Å². The fourth-order valence-corrected chi connectivity index (χ4v) is 1.47. The van der Waals surface area contributed by atoms with Crippen molar-refractivity contribution in [1.29, 1.82) is 0 Å². The van der Waals surface area contributed by atoms with Gasteiger partial charge in [-0.1, -0.05) is 0 Å². The summed E-state index contributed by atoms with van der Waals surface area (Å²) in [4.78, 5) is 1.91. The second kappa shape index (κ2) is 4.42. The number of aliphatic hydroxyl groups excluding tert-OH is 1. The van der Waals surface area contributed by atoms with E-state index in [9.17, 15) is 9.50 Å². The van der Waals surface area contributed by atoms with Crippen LogP contribution in [0.15, 0.2) is 18.2 Å². The molecule has 3 heteroatoms. The first-order valence-corrected chi connectivity index (χ1v) is 4.64. The van der Waals surface area contributed by atoms with E-state index in [4.69, 9.17) is 0 Å². The minimum Gasteiger partial charge on any atom is -0.393 e. The van der Waals surface area contributed by atoms with E-state index in [1.54, 1.807) is 13.0 Å². The third-order valence-corrected chi connectivity index (χ3v) is 2.04. The molecule has 0 amide bonds. The molecule has 0 saturated carbocycles. The number of aliphatic hydroxyl groups is 1. The van der Waals surface area contributed by atoms with Crippen LogP contribution in [0.5, 0.6) is 0 Å². The van der Waals surface area contributed by atoms with Crippen LogP contribution in [-0.4, -0.2) is 25.3 Å². The lowest BCUT2D eigenvalue weighted by Gasteiger charge is -2.18. The summed E-state index contributed by atoms with van der Waals surface area (Å²) >= 11 is 0. The van der Waals surface area contributed by atoms with Crippen molar-refractivity contribution in [2.24, 2.45) is 0 Å². The average molecular weight is 197 g/mol. The number of anilines is 1. The van der Waals surface area contributed by atoms with Crippen LogP contribution < -0.4 is 4.90 Å². The molecule has 0 heterocycles. The summed E-state index contributed by atoms with van der Waals surface area (Å²) in [5, 5.41) is 9.26. The van der Waals surface area contributed by atoms with Gasteiger partial charge in [0.25, 0.3) is 0 Å². The van der Waals surface area contributed by atoms with Gasteiger partial charge in [-0.15, -0.1) is 0 Å². The molecule has 0 aliphatic heterocycles. The van der Waals surface area contributed by atoms with Crippen LogP contribution in [0.1, 0.15) is 12.5 Å². The molecule has 1 rings (SSSR count). The van der Waals surface area contributed by atoms with Crippen LogP contribution in [-0.2, 0) is 6.42 Å². The van der Waals surface area contributed by atoms with E-state index in [0.717, 1.165) is 11.3 Å². The zero-order valence-electron chi connectivity index (χ0n) is 8.79. The monoisotopic (exact) mass is 197 g/mol. The summed E-state index contributed by atoms with van der Waals surface area (Å²) in [5.74, 6) is -0.258. The molecule has 1 aromatic rings. The molecule has 0 aliphatic carbocycles. The molecule has 14 heavy (non-hydrogen) atoms. The Hall–Kier alpha value is -1.09. The molecular formula is C11H16FNO. The number of rotatable bonds is 3. The Morgan fingerprint density at radius 1 is 1.43 bits per heavy atom. The topological polar surface area (TPSA) is 23.5 Å². The summed E-state index contributed by atoms with van der Waals surface area (Å²) < 4.78 is 13.0. The molecule has 0 fully saturated rings. The van der Waals surface area contributed by atoms with Gasteiger partial charge in [-0.25, -0.2) is 4.39 Å². The normalized spacial score (nSPS) is 12.6. The molecule has 1 atom stereocenters. The van der Waals surface area contributed by atoms with Crippen LogP contribution in [0.4, 0.5) is 10.1 Å². The van der Waals surface area contributed by atoms with Gasteiger partial charge in [0, 0.05) is 26.2 Å². The Morgan fingerprint density at radius 2 is 2.07 bits per heavy atom. The summed E-state index contributed by atoms with van der Waals surface area (Å²) in [5.41, 5.74) is 1.79. The number of halogens is 1. The van der Waals surface area contributed by atoms with Crippen LogP contribution in [0.3, 0.4) is 0 Å². The van der Waals surface area contributed by atoms with Crippen LogP contribution in [0.2, 0.25) is 0 Å². The van der Waals surface area contributed by atoms with Crippen molar-refractivity contribution in [2.75, 3.05) is 19.0 Å². The minimum atomic E-state index is -0.449. The lowest BCUT2D eigenvalue weighted by molar-refractivity contribution is 0.195. The summed E-state index contributed by atoms with van der Waals surface area (Å²) in [6, 6.07) is 4.63. The van der Waals surface area contributed by atoms with Gasteiger partial charge in [0.2, 0.25) is 0 Å². The first-order chi connectivity index (χ1) is 6.50. The van der Waals surface area contributed by atoms with Crippen LogP contribution >= 0.6 is 0 Å². The Labute approximate surface area is 84.0 Å². The zero-order chi connectivity index (χ0) is 10.7. The SMILES string of the molecule is C[C@@H](O)Cc1cc(F)ccc1N(C)C. The second-order valence-electron chi connectivity index (χ2n) is 3.72. The molecule has 78 valence electrons. The van der Waals surface area contributed by atoms with Gasteiger partial charge in [0.05, 0.1) is 6.10 Å². The maximum Gasteiger partial charge on any atom is 0.123 e. The molecule has 0 spiro atoms. The van der Waals surface area contributed by atoms with Gasteiger partial charge in [-0.2, -0.15) is 0 Å². The van der Waals surface area contributed by atoms with E-state index >= 15 is 0 Å². The highest BCUT2D eigenvalue weighted by atomic mass is 19.1. The summed E-state index contributed by atoms with van der Waals surface area (Å²) in [6.07, 6.45) is 0.0288. The van der Waals surface area contributed by atoms with Gasteiger partial charge in [-0.3, -0.25) is 0 Å². The van der Waals surface area contributed by atoms with Gasteiger partial charge in [-0.05, 0) is 30.7 Å². The maximum atomic E-state index is 13.0. The highest BCUT2D eigenvalue weighted by Crippen LogP contribution is 2.21. The first-order valence-electron chi connectivity index (χ1n) is 4.64. The van der Waals surface area contributed by atoms with Crippen LogP contribution in [0, 0.1) is 5.82 Å². The largest absolute Gasteiger partial charge is 0.393 e. The van der Waals surface area contributed by atoms with Gasteiger partial charge < -0.3 is 10.0 Å². The van der Waals surface area contributed by atoms with Crippen LogP contribution in [0.25, 0.3) is 0 Å². The van der Waals surface area contributed by atoms with E-state index in [1.807, 2.05) is 19.0 Å². The maximum absolute atomic E-state index is 13.0. The predicted molar refractivity (Wildman–Crippen MR) is 56.1 cm³/mol. The predicted octanol–water partition coefficient (Wildman–Crippen LogP) is 1.81. The lowest BCUT2D eigenvalue weighted by atomic mass is 10.1. The smallest absolute Gasteiger partial charge is 0.123 e. The highest BCUT2D eigenvalue weighted by molar-refractivity contribution is 5.52. The van der Waals surface area contributed by atoms with Crippen molar-refractivity contribution in [3.63, 3.8) is 0 Å². The minimum absolute atomic E-state index is 0.258. The number of nitrogens with zero attached hydrogens (tertiary/aromatic N) is 1. The fourth-order valence-electron chi connectivity index (χ4n) is 1.47. The molecule has 0 unspecified atom stereocenters. The Balaban J connectivity index is 3.03. The van der Waals surface area contributed by atoms with Crippen molar-refractivity contribution in [3.05, 3.63) is 29.6 Å². The fraction of sp³-hybridized carbons (Fsp3) is 0.455. The van der Waals surface area contributed by atoms with Crippen molar-refractivity contribution in [3.8, 4) is 0 Å². The molecule has 1 aromatic carbocycles. The van der Waals surface area contributed by atoms with Crippen molar-refractivity contribution < 1.29 is 9.50 Å². The molecule has 0 aromatic heterocycles. The summed E-state index contributed by atoms with van der Waals surface area (Å²) in [7, 11) is 3.80. The number of hydrogen-bond acceptors (Lipinski definition) is 2. The Bertz CT molecular complexity index is 310. The third kappa shape index (κ3) is 2.70. The van der Waals surface area contributed by atoms with Crippen molar-refractivity contribution in [1.82, 2.24) is 0 Å². The molecule has 0 radical (unpaired) electrons. The first kappa shape index (κ1) is 11.0. The Kier molecular flexibility index (Phi) is 3.47. The van der Waals surface area contributed by atoms with Gasteiger partial charge in [0.1, 0.15) is 5.82 Å².